The first kappa shape index (κ1) is 15.2. The number of aromatic amines is 1. The summed E-state index contributed by atoms with van der Waals surface area (Å²) in [5.74, 6) is -0.00576. The molecule has 1 N–H and O–H groups in total. The molecule has 1 heterocycles. The van der Waals surface area contributed by atoms with E-state index >= 15 is 0 Å². The zero-order chi connectivity index (χ0) is 14.5. The van der Waals surface area contributed by atoms with Crippen molar-refractivity contribution in [2.75, 3.05) is 6.61 Å². The Morgan fingerprint density at radius 3 is 2.85 bits per heavy atom. The number of H-pyrrole nitrogens is 1. The Balaban J connectivity index is 2.05. The minimum atomic E-state index is -0.481. The summed E-state index contributed by atoms with van der Waals surface area (Å²) in [4.78, 5) is 12.6. The topological polar surface area (TPSA) is 67.9 Å². The number of carbonyl (C=O) groups is 1. The van der Waals surface area contributed by atoms with Gasteiger partial charge in [-0.15, -0.1) is 16.9 Å². The fourth-order valence-electron chi connectivity index (χ4n) is 1.43. The predicted octanol–water partition coefficient (Wildman–Crippen LogP) is 3.58. The summed E-state index contributed by atoms with van der Waals surface area (Å²) in [7, 11) is 0. The average molecular weight is 332 g/mol. The van der Waals surface area contributed by atoms with E-state index in [1.165, 1.54) is 11.8 Å². The predicted molar refractivity (Wildman–Crippen MR) is 78.4 cm³/mol. The highest BCUT2D eigenvalue weighted by molar-refractivity contribution is 7.98. The van der Waals surface area contributed by atoms with E-state index in [0.29, 0.717) is 28.1 Å². The lowest BCUT2D eigenvalue weighted by atomic mass is 10.3. The van der Waals surface area contributed by atoms with E-state index in [1.54, 1.807) is 19.1 Å². The molecule has 0 aliphatic heterocycles. The summed E-state index contributed by atoms with van der Waals surface area (Å²) in [6.07, 6.45) is 0. The molecule has 20 heavy (non-hydrogen) atoms. The van der Waals surface area contributed by atoms with E-state index in [-0.39, 0.29) is 5.69 Å². The van der Waals surface area contributed by atoms with E-state index in [0.717, 1.165) is 4.90 Å². The molecule has 0 aliphatic rings. The molecule has 0 bridgehead atoms. The van der Waals surface area contributed by atoms with Gasteiger partial charge in [-0.05, 0) is 25.1 Å². The maximum atomic E-state index is 11.6. The van der Waals surface area contributed by atoms with Gasteiger partial charge in [-0.3, -0.25) is 0 Å². The second-order valence-corrected chi connectivity index (χ2v) is 5.57. The van der Waals surface area contributed by atoms with Crippen LogP contribution >= 0.6 is 35.0 Å². The highest BCUT2D eigenvalue weighted by atomic mass is 35.5. The Kier molecular flexibility index (Phi) is 5.28. The molecule has 106 valence electrons. The van der Waals surface area contributed by atoms with E-state index in [9.17, 15) is 4.79 Å². The normalized spacial score (nSPS) is 10.6. The van der Waals surface area contributed by atoms with Crippen LogP contribution < -0.4 is 0 Å². The van der Waals surface area contributed by atoms with Crippen molar-refractivity contribution in [3.63, 3.8) is 0 Å². The largest absolute Gasteiger partial charge is 0.461 e. The maximum Gasteiger partial charge on any atom is 0.360 e. The van der Waals surface area contributed by atoms with Crippen LogP contribution in [-0.4, -0.2) is 28.0 Å². The molecule has 0 saturated carbocycles. The second kappa shape index (κ2) is 6.97. The lowest BCUT2D eigenvalue weighted by Gasteiger charge is -2.03. The van der Waals surface area contributed by atoms with E-state index in [2.05, 4.69) is 15.4 Å². The van der Waals surface area contributed by atoms with Crippen LogP contribution in [0.4, 0.5) is 0 Å². The first-order valence-corrected chi connectivity index (χ1v) is 7.50. The summed E-state index contributed by atoms with van der Waals surface area (Å²) >= 11 is 13.3. The summed E-state index contributed by atoms with van der Waals surface area (Å²) in [6, 6.07) is 5.34. The molecule has 5 nitrogen and oxygen atoms in total. The molecule has 0 radical (unpaired) electrons. The first-order valence-electron chi connectivity index (χ1n) is 5.76. The molecule has 1 aromatic heterocycles. The number of ether oxygens (including phenoxy) is 1. The molecule has 0 amide bonds. The summed E-state index contributed by atoms with van der Waals surface area (Å²) in [5.41, 5.74) is 0.749. The van der Waals surface area contributed by atoms with E-state index in [1.807, 2.05) is 6.07 Å². The third-order valence-electron chi connectivity index (χ3n) is 2.36. The van der Waals surface area contributed by atoms with Gasteiger partial charge in [-0.2, -0.15) is 10.3 Å². The number of halogens is 2. The van der Waals surface area contributed by atoms with Crippen LogP contribution in [0.5, 0.6) is 0 Å². The number of nitrogens with one attached hydrogen (secondary N) is 1. The van der Waals surface area contributed by atoms with Crippen molar-refractivity contribution in [2.24, 2.45) is 0 Å². The van der Waals surface area contributed by atoms with Gasteiger partial charge in [0.25, 0.3) is 0 Å². The molecule has 2 rings (SSSR count). The molecule has 0 unspecified atom stereocenters. The number of rotatable bonds is 5. The smallest absolute Gasteiger partial charge is 0.360 e. The minimum Gasteiger partial charge on any atom is -0.461 e. The SMILES string of the molecule is CCOC(=O)c1n[nH]nc1CSc1ccc(Cl)c(Cl)c1. The third kappa shape index (κ3) is 3.65. The van der Waals surface area contributed by atoms with Gasteiger partial charge in [0.15, 0.2) is 5.69 Å². The quantitative estimate of drug-likeness (QED) is 0.669. The lowest BCUT2D eigenvalue weighted by molar-refractivity contribution is 0.0518. The van der Waals surface area contributed by atoms with Crippen LogP contribution in [0.15, 0.2) is 23.1 Å². The highest BCUT2D eigenvalue weighted by Gasteiger charge is 2.17. The van der Waals surface area contributed by atoms with Gasteiger partial charge in [-0.1, -0.05) is 23.2 Å². The van der Waals surface area contributed by atoms with Crippen molar-refractivity contribution in [2.45, 2.75) is 17.6 Å². The van der Waals surface area contributed by atoms with Crippen LogP contribution in [-0.2, 0) is 10.5 Å². The Labute approximate surface area is 130 Å². The number of esters is 1. The fourth-order valence-corrected chi connectivity index (χ4v) is 2.67. The fraction of sp³-hybridized carbons (Fsp3) is 0.250. The summed E-state index contributed by atoms with van der Waals surface area (Å²) in [6.45, 7) is 2.03. The van der Waals surface area contributed by atoms with Gasteiger partial charge in [0.1, 0.15) is 5.69 Å². The van der Waals surface area contributed by atoms with Crippen molar-refractivity contribution in [1.82, 2.24) is 15.4 Å². The van der Waals surface area contributed by atoms with Gasteiger partial charge in [0.2, 0.25) is 0 Å². The van der Waals surface area contributed by atoms with Gasteiger partial charge in [0, 0.05) is 10.6 Å². The minimum absolute atomic E-state index is 0.208. The zero-order valence-corrected chi connectivity index (χ0v) is 12.8. The molecule has 8 heteroatoms. The molecule has 0 saturated heterocycles. The molecule has 2 aromatic rings. The Bertz CT molecular complexity index is 618. The summed E-state index contributed by atoms with van der Waals surface area (Å²) < 4.78 is 4.90. The molecular weight excluding hydrogens is 321 g/mol. The van der Waals surface area contributed by atoms with E-state index in [4.69, 9.17) is 27.9 Å². The van der Waals surface area contributed by atoms with E-state index < -0.39 is 5.97 Å². The van der Waals surface area contributed by atoms with Gasteiger partial charge in [0.05, 0.1) is 16.7 Å². The second-order valence-electron chi connectivity index (χ2n) is 3.70. The number of carbonyl (C=O) groups excluding carboxylic acids is 1. The molecule has 0 fully saturated rings. The van der Waals surface area contributed by atoms with Crippen LogP contribution in [0, 0.1) is 0 Å². The standard InChI is InChI=1S/C12H11Cl2N3O2S/c1-2-19-12(18)11-10(15-17-16-11)6-20-7-3-4-8(13)9(14)5-7/h3-5H,2,6H2,1H3,(H,15,16,17). The molecule has 1 aromatic carbocycles. The van der Waals surface area contributed by atoms with Crippen molar-refractivity contribution >= 4 is 40.9 Å². The molecule has 0 atom stereocenters. The number of hydrogen-bond acceptors (Lipinski definition) is 5. The third-order valence-corrected chi connectivity index (χ3v) is 4.10. The van der Waals surface area contributed by atoms with Crippen LogP contribution in [0.2, 0.25) is 10.0 Å². The number of nitrogens with zero attached hydrogens (tertiary/aromatic N) is 2. The monoisotopic (exact) mass is 331 g/mol. The van der Waals surface area contributed by atoms with Gasteiger partial charge >= 0.3 is 5.97 Å². The zero-order valence-electron chi connectivity index (χ0n) is 10.5. The molecule has 0 spiro atoms. The lowest BCUT2D eigenvalue weighted by Crippen LogP contribution is -2.07. The Morgan fingerprint density at radius 1 is 1.35 bits per heavy atom. The number of hydrogen-bond donors (Lipinski definition) is 1. The van der Waals surface area contributed by atoms with Crippen LogP contribution in [0.3, 0.4) is 0 Å². The van der Waals surface area contributed by atoms with Crippen molar-refractivity contribution in [1.29, 1.82) is 0 Å². The number of benzene rings is 1. The Morgan fingerprint density at radius 2 is 2.15 bits per heavy atom. The maximum absolute atomic E-state index is 11.6. The van der Waals surface area contributed by atoms with Crippen molar-refractivity contribution < 1.29 is 9.53 Å². The number of thioether (sulfide) groups is 1. The highest BCUT2D eigenvalue weighted by Crippen LogP contribution is 2.29. The van der Waals surface area contributed by atoms with Crippen LogP contribution in [0.25, 0.3) is 0 Å². The van der Waals surface area contributed by atoms with Crippen molar-refractivity contribution in [3.05, 3.63) is 39.6 Å². The first-order chi connectivity index (χ1) is 9.61. The summed E-state index contributed by atoms with van der Waals surface area (Å²) in [5, 5.41) is 11.2. The average Bonchev–Trinajstić information content (AvgIpc) is 2.89. The Hall–Kier alpha value is -1.24. The van der Waals surface area contributed by atoms with Crippen LogP contribution in [0.1, 0.15) is 23.1 Å². The number of aromatic nitrogens is 3. The molecular formula is C12H11Cl2N3O2S. The van der Waals surface area contributed by atoms with Gasteiger partial charge in [-0.25, -0.2) is 4.79 Å². The molecule has 0 aliphatic carbocycles. The van der Waals surface area contributed by atoms with Crippen molar-refractivity contribution in [3.8, 4) is 0 Å². The van der Waals surface area contributed by atoms with Gasteiger partial charge < -0.3 is 4.74 Å².